The molecule has 0 atom stereocenters. The van der Waals surface area contributed by atoms with E-state index < -0.39 is 0 Å². The molecule has 0 radical (unpaired) electrons. The van der Waals surface area contributed by atoms with Crippen molar-refractivity contribution in [2.45, 2.75) is 6.92 Å². The Morgan fingerprint density at radius 2 is 2.00 bits per heavy atom. The van der Waals surface area contributed by atoms with Crippen LogP contribution in [0, 0.1) is 6.92 Å². The largest absolute Gasteiger partial charge is 0.252 e. The van der Waals surface area contributed by atoms with Crippen molar-refractivity contribution >= 4 is 0 Å². The highest BCUT2D eigenvalue weighted by atomic mass is 16.7. The van der Waals surface area contributed by atoms with Gasteiger partial charge in [0.25, 0.3) is 0 Å². The quantitative estimate of drug-likeness (QED) is 0.666. The molecule has 0 N–H and O–H groups in total. The van der Waals surface area contributed by atoms with Crippen LogP contribution in [0.5, 0.6) is 5.75 Å². The lowest BCUT2D eigenvalue weighted by molar-refractivity contribution is -0.875. The lowest BCUT2D eigenvalue weighted by Crippen LogP contribution is -2.38. The Bertz CT molecular complexity index is 415. The molecule has 1 aromatic heterocycles. The molecule has 0 aliphatic carbocycles. The average Bonchev–Trinajstić information content (AvgIpc) is 2.19. The van der Waals surface area contributed by atoms with Crippen LogP contribution in [0.3, 0.4) is 0 Å². The van der Waals surface area contributed by atoms with E-state index in [0.717, 1.165) is 5.75 Å². The first-order chi connectivity index (χ1) is 6.84. The molecule has 3 nitrogen and oxygen atoms in total. The van der Waals surface area contributed by atoms with E-state index in [1.54, 1.807) is 29.5 Å². The third-order valence-electron chi connectivity index (χ3n) is 1.80. The van der Waals surface area contributed by atoms with Crippen molar-refractivity contribution in [3.63, 3.8) is 0 Å². The van der Waals surface area contributed by atoms with Crippen LogP contribution < -0.4 is 9.57 Å². The van der Waals surface area contributed by atoms with Gasteiger partial charge in [0.15, 0.2) is 0 Å². The molecule has 14 heavy (non-hydrogen) atoms. The van der Waals surface area contributed by atoms with Crippen LogP contribution in [0.15, 0.2) is 49.1 Å². The molecule has 0 saturated heterocycles. The molecular weight excluding hydrogens is 176 g/mol. The van der Waals surface area contributed by atoms with Crippen LogP contribution in [0.2, 0.25) is 0 Å². The summed E-state index contributed by atoms with van der Waals surface area (Å²) in [4.78, 5) is 9.44. The fourth-order valence-electron chi connectivity index (χ4n) is 1.16. The highest BCUT2D eigenvalue weighted by Gasteiger charge is 2.01. The van der Waals surface area contributed by atoms with Gasteiger partial charge in [-0.3, -0.25) is 4.98 Å². The second-order valence-corrected chi connectivity index (χ2v) is 3.01. The van der Waals surface area contributed by atoms with Gasteiger partial charge in [0.2, 0.25) is 18.1 Å². The van der Waals surface area contributed by atoms with Crippen LogP contribution >= 0.6 is 0 Å². The summed E-state index contributed by atoms with van der Waals surface area (Å²) in [5.41, 5.74) is 1.18. The predicted octanol–water partition coefficient (Wildman–Crippen LogP) is 1.52. The molecule has 1 heterocycles. The molecule has 0 saturated carbocycles. The second kappa shape index (κ2) is 3.87. The van der Waals surface area contributed by atoms with Gasteiger partial charge in [0.05, 0.1) is 12.4 Å². The average molecular weight is 187 g/mol. The van der Waals surface area contributed by atoms with Gasteiger partial charge >= 0.3 is 0 Å². The first-order valence-corrected chi connectivity index (χ1v) is 4.41. The SMILES string of the molecule is Cc1cccc(O[n+]2ccncc2)c1. The number of hydrogen-bond donors (Lipinski definition) is 0. The van der Waals surface area contributed by atoms with Crippen LogP contribution in [-0.2, 0) is 0 Å². The minimum absolute atomic E-state index is 0.821. The second-order valence-electron chi connectivity index (χ2n) is 3.01. The zero-order valence-corrected chi connectivity index (χ0v) is 7.92. The van der Waals surface area contributed by atoms with E-state index in [0.29, 0.717) is 0 Å². The van der Waals surface area contributed by atoms with Crippen molar-refractivity contribution in [2.24, 2.45) is 0 Å². The summed E-state index contributed by atoms with van der Waals surface area (Å²) in [6.45, 7) is 2.03. The summed E-state index contributed by atoms with van der Waals surface area (Å²) in [7, 11) is 0. The molecule has 2 aromatic rings. The Kier molecular flexibility index (Phi) is 2.40. The summed E-state index contributed by atoms with van der Waals surface area (Å²) >= 11 is 0. The Labute approximate surface area is 82.6 Å². The molecule has 2 rings (SSSR count). The van der Waals surface area contributed by atoms with E-state index >= 15 is 0 Å². The molecule has 0 aliphatic rings. The van der Waals surface area contributed by atoms with E-state index in [2.05, 4.69) is 4.98 Å². The maximum Gasteiger partial charge on any atom is 0.241 e. The summed E-state index contributed by atoms with van der Waals surface area (Å²) in [6, 6.07) is 7.89. The van der Waals surface area contributed by atoms with Crippen molar-refractivity contribution in [2.75, 3.05) is 0 Å². The van der Waals surface area contributed by atoms with E-state index in [-0.39, 0.29) is 0 Å². The molecule has 0 amide bonds. The monoisotopic (exact) mass is 187 g/mol. The Balaban J connectivity index is 2.19. The van der Waals surface area contributed by atoms with Crippen molar-refractivity contribution in [1.82, 2.24) is 4.98 Å². The van der Waals surface area contributed by atoms with Crippen molar-refractivity contribution in [1.29, 1.82) is 0 Å². The topological polar surface area (TPSA) is 26.0 Å². The molecule has 0 aliphatic heterocycles. The maximum absolute atomic E-state index is 5.54. The summed E-state index contributed by atoms with van der Waals surface area (Å²) < 4.78 is 1.61. The van der Waals surface area contributed by atoms with E-state index in [9.17, 15) is 0 Å². The van der Waals surface area contributed by atoms with Crippen LogP contribution in [0.1, 0.15) is 5.56 Å². The standard InChI is InChI=1S/C11H11N2O/c1-10-3-2-4-11(9-10)14-13-7-5-12-6-8-13/h2-9H,1H3/q+1. The minimum Gasteiger partial charge on any atom is -0.252 e. The lowest BCUT2D eigenvalue weighted by Gasteiger charge is -1.97. The fraction of sp³-hybridized carbons (Fsp3) is 0.0909. The third-order valence-corrected chi connectivity index (χ3v) is 1.80. The molecule has 0 bridgehead atoms. The fourth-order valence-corrected chi connectivity index (χ4v) is 1.16. The number of rotatable bonds is 2. The summed E-state index contributed by atoms with van der Waals surface area (Å²) in [6.07, 6.45) is 6.86. The van der Waals surface area contributed by atoms with Crippen LogP contribution in [0.4, 0.5) is 0 Å². The molecule has 0 unspecified atom stereocenters. The predicted molar refractivity (Wildman–Crippen MR) is 51.6 cm³/mol. The third kappa shape index (κ3) is 2.07. The van der Waals surface area contributed by atoms with Gasteiger partial charge in [-0.25, -0.2) is 4.84 Å². The van der Waals surface area contributed by atoms with Crippen molar-refractivity contribution in [3.05, 3.63) is 54.6 Å². The Morgan fingerprint density at radius 1 is 1.21 bits per heavy atom. The van der Waals surface area contributed by atoms with E-state index in [1.165, 1.54) is 5.56 Å². The molecule has 0 spiro atoms. The lowest BCUT2D eigenvalue weighted by atomic mass is 10.2. The number of aromatic nitrogens is 2. The zero-order valence-electron chi connectivity index (χ0n) is 7.92. The zero-order chi connectivity index (χ0) is 9.80. The van der Waals surface area contributed by atoms with Crippen molar-refractivity contribution < 1.29 is 9.57 Å². The molecular formula is C11H11N2O+. The van der Waals surface area contributed by atoms with Gasteiger partial charge in [0, 0.05) is 4.73 Å². The van der Waals surface area contributed by atoms with Gasteiger partial charge < -0.3 is 0 Å². The van der Waals surface area contributed by atoms with Crippen molar-refractivity contribution in [3.8, 4) is 5.75 Å². The number of benzene rings is 1. The normalized spacial score (nSPS) is 9.79. The molecule has 70 valence electrons. The van der Waals surface area contributed by atoms with Gasteiger partial charge in [-0.1, -0.05) is 12.1 Å². The van der Waals surface area contributed by atoms with Crippen LogP contribution in [-0.4, -0.2) is 4.98 Å². The molecule has 1 aromatic carbocycles. The minimum atomic E-state index is 0.821. The smallest absolute Gasteiger partial charge is 0.241 e. The van der Waals surface area contributed by atoms with Gasteiger partial charge in [-0.2, -0.15) is 0 Å². The molecule has 3 heteroatoms. The number of aryl methyl sites for hydroxylation is 1. The van der Waals surface area contributed by atoms with Gasteiger partial charge in [0.1, 0.15) is 0 Å². The van der Waals surface area contributed by atoms with Gasteiger partial charge in [-0.05, 0) is 24.6 Å². The number of hydrogen-bond acceptors (Lipinski definition) is 2. The summed E-state index contributed by atoms with van der Waals surface area (Å²) in [5.74, 6) is 0.821. The van der Waals surface area contributed by atoms with Crippen LogP contribution in [0.25, 0.3) is 0 Å². The summed E-state index contributed by atoms with van der Waals surface area (Å²) in [5, 5.41) is 0. The maximum atomic E-state index is 5.54. The van der Waals surface area contributed by atoms with E-state index in [4.69, 9.17) is 4.84 Å². The highest BCUT2D eigenvalue weighted by molar-refractivity contribution is 5.26. The Morgan fingerprint density at radius 3 is 2.71 bits per heavy atom. The highest BCUT2D eigenvalue weighted by Crippen LogP contribution is 2.10. The Hall–Kier alpha value is -1.90. The van der Waals surface area contributed by atoms with E-state index in [1.807, 2.05) is 31.2 Å². The molecule has 0 fully saturated rings. The van der Waals surface area contributed by atoms with Gasteiger partial charge in [-0.15, -0.1) is 0 Å². The first kappa shape index (κ1) is 8.69. The first-order valence-electron chi connectivity index (χ1n) is 4.41. The number of nitrogens with zero attached hydrogens (tertiary/aromatic N) is 2.